The Morgan fingerprint density at radius 3 is 2.08 bits per heavy atom. The van der Waals surface area contributed by atoms with Gasteiger partial charge < -0.3 is 44.7 Å². The number of benzene rings is 5. The second-order valence-corrected chi connectivity index (χ2v) is 17.9. The Morgan fingerprint density at radius 1 is 0.766 bits per heavy atom. The summed E-state index contributed by atoms with van der Waals surface area (Å²) in [5.41, 5.74) is 2.09. The third-order valence-corrected chi connectivity index (χ3v) is 14.0. The van der Waals surface area contributed by atoms with Crippen molar-refractivity contribution in [2.75, 3.05) is 46.0 Å². The van der Waals surface area contributed by atoms with Crippen molar-refractivity contribution in [1.82, 2.24) is 0 Å². The first-order valence-corrected chi connectivity index (χ1v) is 22.4. The van der Waals surface area contributed by atoms with Crippen LogP contribution in [0.3, 0.4) is 0 Å². The number of rotatable bonds is 16. The summed E-state index contributed by atoms with van der Waals surface area (Å²) in [6.45, 7) is 2.59. The fourth-order valence-electron chi connectivity index (χ4n) is 11.3. The molecule has 3 aliphatic rings. The fraction of sp³-hybridized carbons (Fsp3) is 0.500. The molecule has 340 valence electrons. The van der Waals surface area contributed by atoms with E-state index in [-0.39, 0.29) is 90.6 Å². The van der Waals surface area contributed by atoms with Crippen LogP contribution in [0.2, 0.25) is 0 Å². The number of ether oxygens (including phenoxy) is 4. The zero-order valence-corrected chi connectivity index (χ0v) is 36.9. The highest BCUT2D eigenvalue weighted by molar-refractivity contribution is 6.39. The van der Waals surface area contributed by atoms with Crippen molar-refractivity contribution in [3.05, 3.63) is 66.0 Å². The van der Waals surface area contributed by atoms with E-state index in [4.69, 9.17) is 18.9 Å². The number of carbonyl (C=O) groups is 3. The number of phenols is 1. The Hall–Kier alpha value is -5.41. The average Bonchev–Trinajstić information content (AvgIpc) is 3.42. The van der Waals surface area contributed by atoms with Gasteiger partial charge in [-0.1, -0.05) is 30.9 Å². The topological polar surface area (TPSA) is 215 Å². The van der Waals surface area contributed by atoms with Gasteiger partial charge in [0.25, 0.3) is 0 Å². The Kier molecular flexibility index (Phi) is 13.1. The molecule has 0 bridgehead atoms. The Labute approximate surface area is 369 Å². The van der Waals surface area contributed by atoms with Crippen molar-refractivity contribution < 1.29 is 53.8 Å². The number of anilines is 1. The van der Waals surface area contributed by atoms with Crippen LogP contribution in [0.1, 0.15) is 105 Å². The standard InChI is InChI=1S/C50H57NO13/c1-24-16-32-33(18-26-8-5-9-27(17-26)49(59)64-15-14-61-3)46(57)40-34(51-31-11-6-10-28(19-31)50(60)63-13-7-12-52)20-29(22-53)37-38-30(23-54)21-35(56)41-43(38)44(39(32)42(37)40)45(36(24)25(2)55)48(62-4)47(41)58/h16,20-21,26-28,31,36,51-54,58H,5-15,17-19,22-23H2,1-4H3. The summed E-state index contributed by atoms with van der Waals surface area (Å²) in [5.74, 6) is -3.28. The van der Waals surface area contributed by atoms with Gasteiger partial charge in [0.2, 0.25) is 0 Å². The van der Waals surface area contributed by atoms with Crippen LogP contribution in [-0.2, 0) is 48.2 Å². The minimum atomic E-state index is -0.969. The Morgan fingerprint density at radius 2 is 1.42 bits per heavy atom. The summed E-state index contributed by atoms with van der Waals surface area (Å²) in [5, 5.41) is 49.9. The molecule has 14 heteroatoms. The highest BCUT2D eigenvalue weighted by Crippen LogP contribution is 2.56. The van der Waals surface area contributed by atoms with E-state index in [1.165, 1.54) is 27.2 Å². The highest BCUT2D eigenvalue weighted by atomic mass is 16.6. The number of Topliss-reactive ketones (excluding diaryl/α,β-unsaturated/α-hetero) is 1. The molecular formula is C50H57NO13. The molecule has 0 radical (unpaired) electrons. The van der Waals surface area contributed by atoms with Crippen LogP contribution in [0.15, 0.2) is 27.3 Å². The van der Waals surface area contributed by atoms with Crippen molar-refractivity contribution in [2.24, 2.45) is 17.8 Å². The zero-order chi connectivity index (χ0) is 45.6. The summed E-state index contributed by atoms with van der Waals surface area (Å²) in [7, 11) is 2.90. The molecule has 0 heterocycles. The number of hydrogen-bond acceptors (Lipinski definition) is 14. The molecule has 5 aromatic carbocycles. The second kappa shape index (κ2) is 18.6. The maximum absolute atomic E-state index is 15.8. The van der Waals surface area contributed by atoms with Gasteiger partial charge in [0.05, 0.1) is 62.1 Å². The number of nitrogens with one attached hydrogen (secondary N) is 1. The number of aliphatic hydroxyl groups excluding tert-OH is 3. The monoisotopic (exact) mass is 879 g/mol. The van der Waals surface area contributed by atoms with Crippen LogP contribution in [0, 0.1) is 17.8 Å². The first kappa shape index (κ1) is 45.2. The van der Waals surface area contributed by atoms with Crippen molar-refractivity contribution in [3.63, 3.8) is 0 Å². The van der Waals surface area contributed by atoms with E-state index in [9.17, 15) is 39.6 Å². The van der Waals surface area contributed by atoms with Crippen LogP contribution < -0.4 is 20.9 Å². The lowest BCUT2D eigenvalue weighted by atomic mass is 9.76. The van der Waals surface area contributed by atoms with Gasteiger partial charge in [-0.05, 0) is 109 Å². The van der Waals surface area contributed by atoms with Crippen LogP contribution in [-0.4, -0.2) is 84.8 Å². The molecule has 8 rings (SSSR count). The number of fused-ring (bicyclic) bond motifs is 1. The van der Waals surface area contributed by atoms with Crippen LogP contribution >= 0.6 is 0 Å². The number of phenolic OH excluding ortho intramolecular Hbond substituents is 1. The number of allylic oxidation sites excluding steroid dienone is 1. The number of hydrogen-bond donors (Lipinski definition) is 5. The maximum atomic E-state index is 15.8. The molecule has 0 spiro atoms. The van der Waals surface area contributed by atoms with Gasteiger partial charge in [0.1, 0.15) is 12.4 Å². The normalized spacial score (nSPS) is 21.1. The number of ketones is 1. The van der Waals surface area contributed by atoms with Crippen LogP contribution in [0.5, 0.6) is 11.5 Å². The maximum Gasteiger partial charge on any atom is 0.309 e. The average molecular weight is 880 g/mol. The molecule has 64 heavy (non-hydrogen) atoms. The Balaban J connectivity index is 1.46. The molecule has 5 unspecified atom stereocenters. The van der Waals surface area contributed by atoms with E-state index < -0.39 is 36.2 Å². The highest BCUT2D eigenvalue weighted by Gasteiger charge is 2.38. The molecule has 3 aliphatic carbocycles. The van der Waals surface area contributed by atoms with Crippen molar-refractivity contribution in [1.29, 1.82) is 0 Å². The lowest BCUT2D eigenvalue weighted by molar-refractivity contribution is -0.151. The largest absolute Gasteiger partial charge is 0.504 e. The van der Waals surface area contributed by atoms with Gasteiger partial charge in [-0.25, -0.2) is 0 Å². The quantitative estimate of drug-likeness (QED) is 0.0327. The molecule has 14 nitrogen and oxygen atoms in total. The molecular weight excluding hydrogens is 823 g/mol. The third kappa shape index (κ3) is 7.71. The van der Waals surface area contributed by atoms with E-state index >= 15 is 4.79 Å². The molecule has 0 aromatic heterocycles. The van der Waals surface area contributed by atoms with Gasteiger partial charge in [0.15, 0.2) is 22.4 Å². The van der Waals surface area contributed by atoms with Gasteiger partial charge in [-0.2, -0.15) is 0 Å². The molecule has 0 amide bonds. The number of aliphatic hydroxyl groups is 3. The lowest BCUT2D eigenvalue weighted by Crippen LogP contribution is -2.32. The Bertz CT molecular complexity index is 2800. The smallest absolute Gasteiger partial charge is 0.309 e. The van der Waals surface area contributed by atoms with E-state index in [0.717, 1.165) is 12.8 Å². The molecule has 0 aliphatic heterocycles. The second-order valence-electron chi connectivity index (χ2n) is 17.9. The predicted octanol–water partition coefficient (Wildman–Crippen LogP) is 6.12. The van der Waals surface area contributed by atoms with Crippen LogP contribution in [0.4, 0.5) is 5.69 Å². The number of methoxy groups -OCH3 is 2. The summed E-state index contributed by atoms with van der Waals surface area (Å²) in [6, 6.07) is 2.71. The number of carbonyl (C=O) groups excluding carboxylic acids is 3. The molecule has 2 saturated carbocycles. The number of aromatic hydroxyl groups is 1. The van der Waals surface area contributed by atoms with E-state index in [2.05, 4.69) is 5.32 Å². The van der Waals surface area contributed by atoms with Gasteiger partial charge in [-0.15, -0.1) is 0 Å². The zero-order valence-electron chi connectivity index (χ0n) is 36.9. The molecule has 0 saturated heterocycles. The van der Waals surface area contributed by atoms with E-state index in [1.54, 1.807) is 13.0 Å². The van der Waals surface area contributed by atoms with E-state index in [0.29, 0.717) is 116 Å². The lowest BCUT2D eigenvalue weighted by Gasteiger charge is -2.31. The van der Waals surface area contributed by atoms with Gasteiger partial charge >= 0.3 is 11.9 Å². The third-order valence-electron chi connectivity index (χ3n) is 14.0. The molecule has 5 aromatic rings. The molecule has 2 fully saturated rings. The molecule has 5 N–H and O–H groups in total. The fourth-order valence-corrected chi connectivity index (χ4v) is 11.3. The van der Waals surface area contributed by atoms with Crippen LogP contribution in [0.25, 0.3) is 49.2 Å². The van der Waals surface area contributed by atoms with Gasteiger partial charge in [0, 0.05) is 53.8 Å². The first-order chi connectivity index (χ1) is 30.9. The van der Waals surface area contributed by atoms with Crippen molar-refractivity contribution in [2.45, 2.75) is 103 Å². The predicted molar refractivity (Wildman–Crippen MR) is 243 cm³/mol. The summed E-state index contributed by atoms with van der Waals surface area (Å²) >= 11 is 0. The summed E-state index contributed by atoms with van der Waals surface area (Å²) in [4.78, 5) is 70.4. The van der Waals surface area contributed by atoms with E-state index in [1.807, 2.05) is 6.08 Å². The SMILES string of the molecule is COCCOC(=O)C1CCCC(Cc2c3c4c5c(c(OC)c(O)c6c(=O)cc(CO)c(c7c(CO)cc(NC8CCCC(C(=O)OCCCO)C8)c(c2=O)c74)c65)C(C(C)=O)C(C)=C3)C1. The summed E-state index contributed by atoms with van der Waals surface area (Å²) in [6.07, 6.45) is 7.51. The summed E-state index contributed by atoms with van der Waals surface area (Å²) < 4.78 is 22.1. The van der Waals surface area contributed by atoms with Crippen molar-refractivity contribution in [3.8, 4) is 11.5 Å². The first-order valence-electron chi connectivity index (χ1n) is 22.4. The minimum Gasteiger partial charge on any atom is -0.504 e. The minimum absolute atomic E-state index is 0.0506. The number of esters is 2. The van der Waals surface area contributed by atoms with Gasteiger partial charge in [-0.3, -0.25) is 24.0 Å². The van der Waals surface area contributed by atoms with Crippen molar-refractivity contribution >= 4 is 72.6 Å². The molecule has 5 atom stereocenters.